The Labute approximate surface area is 183 Å². The Morgan fingerprint density at radius 1 is 0.839 bits per heavy atom. The fraction of sp³-hybridized carbons (Fsp3) is 0.393. The molecule has 2 aliphatic rings. The topological polar surface area (TPSA) is 57.5 Å². The van der Waals surface area contributed by atoms with Crippen LogP contribution in [-0.4, -0.2) is 16.2 Å². The number of aromatic carboxylic acids is 1. The van der Waals surface area contributed by atoms with Gasteiger partial charge in [-0.1, -0.05) is 43.5 Å². The Kier molecular flexibility index (Phi) is 5.43. The number of carboxylic acids is 1. The van der Waals surface area contributed by atoms with E-state index >= 15 is 0 Å². The smallest absolute Gasteiger partial charge is 0.335 e. The molecule has 3 aromatic carbocycles. The molecule has 3 aromatic rings. The summed E-state index contributed by atoms with van der Waals surface area (Å²) in [4.78, 5) is 11.2. The molecule has 0 saturated heterocycles. The number of hydrogen-bond donors (Lipinski definition) is 2. The van der Waals surface area contributed by atoms with Crippen LogP contribution >= 0.6 is 0 Å². The minimum atomic E-state index is -0.907. The van der Waals surface area contributed by atoms with E-state index in [2.05, 4.69) is 12.1 Å². The lowest BCUT2D eigenvalue weighted by atomic mass is 9.67. The van der Waals surface area contributed by atoms with E-state index in [9.17, 15) is 15.0 Å². The van der Waals surface area contributed by atoms with Crippen LogP contribution in [0.5, 0.6) is 5.75 Å². The van der Waals surface area contributed by atoms with Crippen molar-refractivity contribution in [2.75, 3.05) is 0 Å². The molecule has 3 nitrogen and oxygen atoms in total. The quantitative estimate of drug-likeness (QED) is 0.470. The van der Waals surface area contributed by atoms with E-state index in [1.807, 2.05) is 30.3 Å². The number of carbonyl (C=O) groups is 1. The molecule has 2 N–H and O–H groups in total. The minimum absolute atomic E-state index is 0.305. The third kappa shape index (κ3) is 4.32. The lowest BCUT2D eigenvalue weighted by Gasteiger charge is -2.39. The lowest BCUT2D eigenvalue weighted by Crippen LogP contribution is -2.27. The number of hydrogen-bond acceptors (Lipinski definition) is 2. The monoisotopic (exact) mass is 414 g/mol. The molecule has 2 aliphatic carbocycles. The number of aromatic hydroxyl groups is 1. The van der Waals surface area contributed by atoms with Crippen LogP contribution < -0.4 is 0 Å². The predicted octanol–water partition coefficient (Wildman–Crippen LogP) is 7.06. The van der Waals surface area contributed by atoms with Gasteiger partial charge in [0.25, 0.3) is 0 Å². The first kappa shape index (κ1) is 20.1. The molecule has 2 bridgehead atoms. The molecule has 2 atom stereocenters. The first-order valence-electron chi connectivity index (χ1n) is 11.6. The van der Waals surface area contributed by atoms with Gasteiger partial charge in [-0.15, -0.1) is 0 Å². The molecule has 0 radical (unpaired) electrons. The number of carboxylic acid groups (broad SMARTS) is 1. The maximum Gasteiger partial charge on any atom is 0.335 e. The maximum atomic E-state index is 11.2. The van der Waals surface area contributed by atoms with Crippen LogP contribution in [0.3, 0.4) is 0 Å². The highest BCUT2D eigenvalue weighted by molar-refractivity contribution is 5.95. The van der Waals surface area contributed by atoms with Crippen molar-refractivity contribution in [3.63, 3.8) is 0 Å². The Bertz CT molecular complexity index is 1100. The molecule has 0 aliphatic heterocycles. The van der Waals surface area contributed by atoms with Crippen molar-refractivity contribution < 1.29 is 15.0 Å². The number of rotatable bonds is 5. The second kappa shape index (κ2) is 8.37. The molecule has 2 unspecified atom stereocenters. The average Bonchev–Trinajstić information content (AvgIpc) is 2.77. The molecule has 160 valence electrons. The summed E-state index contributed by atoms with van der Waals surface area (Å²) in [5.74, 6) is 2.17. The summed E-state index contributed by atoms with van der Waals surface area (Å²) in [6.45, 7) is 0. The third-order valence-electron chi connectivity index (χ3n) is 7.55. The van der Waals surface area contributed by atoms with E-state index in [0.29, 0.717) is 11.3 Å². The van der Waals surface area contributed by atoms with Gasteiger partial charge < -0.3 is 10.2 Å². The van der Waals surface area contributed by atoms with Crippen molar-refractivity contribution in [2.45, 2.75) is 51.4 Å². The molecule has 0 heterocycles. The van der Waals surface area contributed by atoms with Crippen LogP contribution in [0.25, 0.3) is 21.9 Å². The molecular weight excluding hydrogens is 384 g/mol. The summed E-state index contributed by atoms with van der Waals surface area (Å²) in [6.07, 6.45) is 10.6. The normalized spacial score (nSPS) is 23.0. The van der Waals surface area contributed by atoms with Gasteiger partial charge in [0.2, 0.25) is 0 Å². The van der Waals surface area contributed by atoms with Crippen LogP contribution in [-0.2, 0) is 6.42 Å². The number of fused-ring (bicyclic) bond motifs is 3. The fourth-order valence-corrected chi connectivity index (χ4v) is 5.99. The summed E-state index contributed by atoms with van der Waals surface area (Å²) in [7, 11) is 0. The molecule has 31 heavy (non-hydrogen) atoms. The first-order chi connectivity index (χ1) is 15.0. The number of phenolic OH excluding ortho intramolecular Hbond substituents is 1. The van der Waals surface area contributed by atoms with E-state index in [4.69, 9.17) is 0 Å². The zero-order chi connectivity index (χ0) is 21.4. The Balaban J connectivity index is 1.34. The van der Waals surface area contributed by atoms with Crippen LogP contribution in [0.1, 0.15) is 60.9 Å². The Morgan fingerprint density at radius 2 is 1.52 bits per heavy atom. The van der Waals surface area contributed by atoms with E-state index in [0.717, 1.165) is 51.6 Å². The second-order valence-electron chi connectivity index (χ2n) is 9.70. The molecule has 2 saturated carbocycles. The van der Waals surface area contributed by atoms with Crippen molar-refractivity contribution in [3.8, 4) is 16.9 Å². The van der Waals surface area contributed by atoms with Gasteiger partial charge >= 0.3 is 5.97 Å². The van der Waals surface area contributed by atoms with Crippen molar-refractivity contribution in [2.24, 2.45) is 17.8 Å². The standard InChI is InChI=1S/C28H30O3/c29-27-11-10-24(21-6-7-23-17-26(28(30)31)9-8-22(23)15-21)16-25(27)5-4-20-13-18-2-1-3-19(12-18)14-20/h6-11,15-20,29H,1-5,12-14H2,(H,30,31). The van der Waals surface area contributed by atoms with Crippen LogP contribution in [0.4, 0.5) is 0 Å². The molecule has 5 rings (SSSR count). The zero-order valence-corrected chi connectivity index (χ0v) is 17.9. The van der Waals surface area contributed by atoms with Crippen molar-refractivity contribution in [1.82, 2.24) is 0 Å². The van der Waals surface area contributed by atoms with E-state index in [1.54, 1.807) is 12.1 Å². The summed E-state index contributed by atoms with van der Waals surface area (Å²) in [6, 6.07) is 17.2. The van der Waals surface area contributed by atoms with E-state index in [1.165, 1.54) is 44.9 Å². The van der Waals surface area contributed by atoms with Gasteiger partial charge in [-0.25, -0.2) is 4.79 Å². The Morgan fingerprint density at radius 3 is 2.29 bits per heavy atom. The zero-order valence-electron chi connectivity index (χ0n) is 17.9. The SMILES string of the molecule is O=C(O)c1ccc2cc(-c3ccc(O)c(CCC4CC5CCCC(C5)C4)c3)ccc2c1. The first-order valence-corrected chi connectivity index (χ1v) is 11.6. The highest BCUT2D eigenvalue weighted by Crippen LogP contribution is 2.44. The third-order valence-corrected chi connectivity index (χ3v) is 7.55. The molecule has 2 fully saturated rings. The van der Waals surface area contributed by atoms with Gasteiger partial charge in [0.15, 0.2) is 0 Å². The van der Waals surface area contributed by atoms with Crippen molar-refractivity contribution >= 4 is 16.7 Å². The van der Waals surface area contributed by atoms with E-state index in [-0.39, 0.29) is 0 Å². The molecule has 0 amide bonds. The van der Waals surface area contributed by atoms with Crippen LogP contribution in [0.2, 0.25) is 0 Å². The number of benzene rings is 3. The van der Waals surface area contributed by atoms with Gasteiger partial charge in [0, 0.05) is 0 Å². The van der Waals surface area contributed by atoms with Crippen LogP contribution in [0.15, 0.2) is 54.6 Å². The van der Waals surface area contributed by atoms with Gasteiger partial charge in [0.1, 0.15) is 5.75 Å². The predicted molar refractivity (Wildman–Crippen MR) is 125 cm³/mol. The second-order valence-corrected chi connectivity index (χ2v) is 9.70. The summed E-state index contributed by atoms with van der Waals surface area (Å²) in [5, 5.41) is 21.6. The maximum absolute atomic E-state index is 11.2. The largest absolute Gasteiger partial charge is 0.508 e. The highest BCUT2D eigenvalue weighted by Gasteiger charge is 2.31. The number of phenols is 1. The molecule has 0 aromatic heterocycles. The van der Waals surface area contributed by atoms with Gasteiger partial charge in [0.05, 0.1) is 5.56 Å². The fourth-order valence-electron chi connectivity index (χ4n) is 5.99. The molecular formula is C28H30O3. The van der Waals surface area contributed by atoms with Gasteiger partial charge in [-0.05, 0) is 108 Å². The summed E-state index contributed by atoms with van der Waals surface area (Å²) >= 11 is 0. The van der Waals surface area contributed by atoms with Gasteiger partial charge in [-0.3, -0.25) is 0 Å². The lowest BCUT2D eigenvalue weighted by molar-refractivity contribution is 0.0697. The summed E-state index contributed by atoms with van der Waals surface area (Å²) < 4.78 is 0. The average molecular weight is 415 g/mol. The Hall–Kier alpha value is -2.81. The summed E-state index contributed by atoms with van der Waals surface area (Å²) in [5.41, 5.74) is 3.52. The number of aryl methyl sites for hydroxylation is 1. The highest BCUT2D eigenvalue weighted by atomic mass is 16.4. The molecule has 3 heteroatoms. The van der Waals surface area contributed by atoms with Gasteiger partial charge in [-0.2, -0.15) is 0 Å². The van der Waals surface area contributed by atoms with Crippen LogP contribution in [0, 0.1) is 17.8 Å². The molecule has 0 spiro atoms. The van der Waals surface area contributed by atoms with Crippen molar-refractivity contribution in [1.29, 1.82) is 0 Å². The minimum Gasteiger partial charge on any atom is -0.508 e. The van der Waals surface area contributed by atoms with Crippen molar-refractivity contribution in [3.05, 3.63) is 65.7 Å². The van der Waals surface area contributed by atoms with E-state index < -0.39 is 5.97 Å².